The highest BCUT2D eigenvalue weighted by molar-refractivity contribution is 8.00. The van der Waals surface area contributed by atoms with Gasteiger partial charge in [-0.2, -0.15) is 0 Å². The number of anilines is 1. The molecule has 1 amide bonds. The van der Waals surface area contributed by atoms with Crippen LogP contribution in [0.4, 0.5) is 9.52 Å². The molecule has 6 rings (SSSR count). The monoisotopic (exact) mass is 645 g/mol. The lowest BCUT2D eigenvalue weighted by atomic mass is 9.94. The first-order chi connectivity index (χ1) is 21.7. The fraction of sp³-hybridized carbons (Fsp3) is 0.294. The van der Waals surface area contributed by atoms with Crippen molar-refractivity contribution in [3.05, 3.63) is 100 Å². The zero-order valence-electron chi connectivity index (χ0n) is 25.0. The predicted octanol–water partition coefficient (Wildman–Crippen LogP) is 7.34. The summed E-state index contributed by atoms with van der Waals surface area (Å²) in [5.74, 6) is -0.158. The van der Waals surface area contributed by atoms with Crippen LogP contribution in [0.1, 0.15) is 55.5 Å². The smallest absolute Gasteiger partial charge is 0.301 e. The van der Waals surface area contributed by atoms with Crippen molar-refractivity contribution in [2.45, 2.75) is 55.9 Å². The van der Waals surface area contributed by atoms with Crippen LogP contribution in [0, 0.1) is 11.7 Å². The van der Waals surface area contributed by atoms with E-state index in [4.69, 9.17) is 9.47 Å². The van der Waals surface area contributed by atoms with E-state index in [2.05, 4.69) is 24.0 Å². The molecule has 0 saturated carbocycles. The van der Waals surface area contributed by atoms with Crippen molar-refractivity contribution in [2.24, 2.45) is 5.92 Å². The van der Waals surface area contributed by atoms with Gasteiger partial charge in [0.25, 0.3) is 5.78 Å². The molecule has 4 aromatic rings. The van der Waals surface area contributed by atoms with Crippen LogP contribution < -0.4 is 14.4 Å². The van der Waals surface area contributed by atoms with Crippen LogP contribution in [0.3, 0.4) is 0 Å². The van der Waals surface area contributed by atoms with Crippen molar-refractivity contribution >= 4 is 45.7 Å². The number of hydrogen-bond donors (Lipinski definition) is 1. The van der Waals surface area contributed by atoms with E-state index in [1.807, 2.05) is 13.0 Å². The maximum atomic E-state index is 14.2. The largest absolute Gasteiger partial charge is 0.507 e. The third kappa shape index (κ3) is 6.46. The molecule has 0 bridgehead atoms. The molecule has 1 fully saturated rings. The number of halogens is 1. The summed E-state index contributed by atoms with van der Waals surface area (Å²) in [5.41, 5.74) is 2.37. The summed E-state index contributed by atoms with van der Waals surface area (Å²) in [4.78, 5) is 28.7. The number of aliphatic hydroxyl groups is 1. The second-order valence-electron chi connectivity index (χ2n) is 11.5. The number of fused-ring (bicyclic) bond motifs is 1. The van der Waals surface area contributed by atoms with E-state index in [1.54, 1.807) is 54.6 Å². The molecule has 8 nitrogen and oxygen atoms in total. The summed E-state index contributed by atoms with van der Waals surface area (Å²) in [6.07, 6.45) is 1.54. The van der Waals surface area contributed by atoms with Crippen molar-refractivity contribution in [2.75, 3.05) is 11.5 Å². The van der Waals surface area contributed by atoms with E-state index in [-0.39, 0.29) is 28.4 Å². The Morgan fingerprint density at radius 1 is 1.13 bits per heavy atom. The third-order valence-electron chi connectivity index (χ3n) is 7.66. The van der Waals surface area contributed by atoms with Gasteiger partial charge in [0.15, 0.2) is 4.34 Å². The van der Waals surface area contributed by atoms with Gasteiger partial charge in [-0.3, -0.25) is 14.5 Å². The fourth-order valence-corrected chi connectivity index (χ4v) is 7.22. The molecule has 0 aliphatic carbocycles. The summed E-state index contributed by atoms with van der Waals surface area (Å²) < 4.78 is 26.5. The molecule has 2 aliphatic heterocycles. The number of carbonyl (C=O) groups excluding carboxylic acids is 2. The SMILES string of the molecule is CC(C)CCOc1cccc(C2C(=C(O)c3ccc4c(c3)CC(C)O4)C(=O)C(=O)N2c2nnc(SCc3ccccc3F)s2)c1. The summed E-state index contributed by atoms with van der Waals surface area (Å²) in [6, 6.07) is 17.9. The van der Waals surface area contributed by atoms with E-state index in [0.29, 0.717) is 51.5 Å². The fourth-order valence-electron chi connectivity index (χ4n) is 5.37. The second kappa shape index (κ2) is 13.0. The van der Waals surface area contributed by atoms with Gasteiger partial charge in [-0.25, -0.2) is 4.39 Å². The van der Waals surface area contributed by atoms with Crippen molar-refractivity contribution < 1.29 is 28.6 Å². The summed E-state index contributed by atoms with van der Waals surface area (Å²) in [5, 5.41) is 20.3. The minimum atomic E-state index is -0.987. The Labute approximate surface area is 268 Å². The lowest BCUT2D eigenvalue weighted by molar-refractivity contribution is -0.132. The number of amides is 1. The number of hydrogen-bond acceptors (Lipinski definition) is 9. The van der Waals surface area contributed by atoms with Crippen molar-refractivity contribution in [3.63, 3.8) is 0 Å². The maximum absolute atomic E-state index is 14.2. The Bertz CT molecular complexity index is 1790. The van der Waals surface area contributed by atoms with Gasteiger partial charge >= 0.3 is 5.91 Å². The number of ether oxygens (including phenoxy) is 2. The molecule has 0 spiro atoms. The number of thioether (sulfide) groups is 1. The number of carbonyl (C=O) groups is 2. The Morgan fingerprint density at radius 3 is 2.76 bits per heavy atom. The van der Waals surface area contributed by atoms with Gasteiger partial charge in [0.05, 0.1) is 18.2 Å². The predicted molar refractivity (Wildman–Crippen MR) is 172 cm³/mol. The van der Waals surface area contributed by atoms with Gasteiger partial charge in [0.2, 0.25) is 5.13 Å². The van der Waals surface area contributed by atoms with Crippen LogP contribution in [0.5, 0.6) is 11.5 Å². The van der Waals surface area contributed by atoms with Gasteiger partial charge < -0.3 is 14.6 Å². The number of rotatable bonds is 10. The number of Topliss-reactive ketones (excluding diaryl/α,β-unsaturated/α-hetero) is 1. The molecule has 45 heavy (non-hydrogen) atoms. The normalized spacial score (nSPS) is 18.8. The number of aromatic nitrogens is 2. The lowest BCUT2D eigenvalue weighted by Crippen LogP contribution is -2.29. The third-order valence-corrected chi connectivity index (χ3v) is 9.77. The Balaban J connectivity index is 1.38. The molecule has 2 unspecified atom stereocenters. The van der Waals surface area contributed by atoms with Gasteiger partial charge in [-0.15, -0.1) is 10.2 Å². The zero-order valence-corrected chi connectivity index (χ0v) is 26.7. The minimum absolute atomic E-state index is 0.00395. The van der Waals surface area contributed by atoms with Crippen molar-refractivity contribution in [1.82, 2.24) is 10.2 Å². The van der Waals surface area contributed by atoms with Gasteiger partial charge in [-0.05, 0) is 72.4 Å². The summed E-state index contributed by atoms with van der Waals surface area (Å²) in [7, 11) is 0. The molecule has 3 heterocycles. The number of ketones is 1. The zero-order chi connectivity index (χ0) is 31.7. The molecule has 2 aliphatic rings. The van der Waals surface area contributed by atoms with Gasteiger partial charge in [0.1, 0.15) is 29.2 Å². The van der Waals surface area contributed by atoms with Crippen LogP contribution in [-0.4, -0.2) is 39.7 Å². The van der Waals surface area contributed by atoms with Crippen molar-refractivity contribution in [1.29, 1.82) is 0 Å². The standard InChI is InChI=1S/C34H32FN3O5S2/c1-19(2)13-14-42-25-9-6-8-21(17-25)29-28(30(39)22-11-12-27-24(16-22)15-20(3)43-27)31(40)32(41)38(29)33-36-37-34(45-33)44-18-23-7-4-5-10-26(23)35/h4-12,16-17,19-20,29,39H,13-15,18H2,1-3H3. The summed E-state index contributed by atoms with van der Waals surface area (Å²) in [6.45, 7) is 6.70. The van der Waals surface area contributed by atoms with Crippen LogP contribution >= 0.6 is 23.1 Å². The maximum Gasteiger partial charge on any atom is 0.301 e. The molecular formula is C34H32FN3O5S2. The van der Waals surface area contributed by atoms with E-state index >= 15 is 0 Å². The highest BCUT2D eigenvalue weighted by Gasteiger charge is 2.48. The molecule has 1 saturated heterocycles. The first kappa shape index (κ1) is 30.8. The van der Waals surface area contributed by atoms with Gasteiger partial charge in [0, 0.05) is 17.7 Å². The van der Waals surface area contributed by atoms with Crippen LogP contribution in [0.25, 0.3) is 5.76 Å². The molecule has 232 valence electrons. The molecule has 1 N–H and O–H groups in total. The van der Waals surface area contributed by atoms with Crippen LogP contribution in [0.2, 0.25) is 0 Å². The van der Waals surface area contributed by atoms with Crippen molar-refractivity contribution in [3.8, 4) is 11.5 Å². The lowest BCUT2D eigenvalue weighted by Gasteiger charge is -2.23. The first-order valence-corrected chi connectivity index (χ1v) is 16.5. The van der Waals surface area contributed by atoms with E-state index in [1.165, 1.54) is 22.7 Å². The van der Waals surface area contributed by atoms with Gasteiger partial charge in [-0.1, -0.05) is 67.3 Å². The molecule has 3 aromatic carbocycles. The number of benzene rings is 3. The average molecular weight is 646 g/mol. The molecular weight excluding hydrogens is 614 g/mol. The number of nitrogens with zero attached hydrogens (tertiary/aromatic N) is 3. The second-order valence-corrected chi connectivity index (χ2v) is 13.6. The Hall–Kier alpha value is -4.22. The highest BCUT2D eigenvalue weighted by Crippen LogP contribution is 2.45. The average Bonchev–Trinajstić information content (AvgIpc) is 3.71. The van der Waals surface area contributed by atoms with Crippen LogP contribution in [-0.2, 0) is 21.8 Å². The molecule has 0 radical (unpaired) electrons. The highest BCUT2D eigenvalue weighted by atomic mass is 32.2. The number of aliphatic hydroxyl groups excluding tert-OH is 1. The van der Waals surface area contributed by atoms with Crippen LogP contribution in [0.15, 0.2) is 76.6 Å². The molecule has 11 heteroatoms. The minimum Gasteiger partial charge on any atom is -0.507 e. The van der Waals surface area contributed by atoms with E-state index in [0.717, 1.165) is 29.1 Å². The Kier molecular flexibility index (Phi) is 8.91. The molecule has 1 aromatic heterocycles. The summed E-state index contributed by atoms with van der Waals surface area (Å²) >= 11 is 2.41. The quantitative estimate of drug-likeness (QED) is 0.0629. The van der Waals surface area contributed by atoms with E-state index < -0.39 is 17.7 Å². The Morgan fingerprint density at radius 2 is 1.96 bits per heavy atom. The topological polar surface area (TPSA) is 102 Å². The molecule has 2 atom stereocenters. The van der Waals surface area contributed by atoms with E-state index in [9.17, 15) is 19.1 Å². The first-order valence-electron chi connectivity index (χ1n) is 14.7.